The molecule has 0 atom stereocenters. The van der Waals surface area contributed by atoms with Crippen molar-refractivity contribution < 1.29 is 0 Å². The fourth-order valence-electron chi connectivity index (χ4n) is 3.42. The molecular weight excluding hydrogens is 354 g/mol. The van der Waals surface area contributed by atoms with Gasteiger partial charge in [-0.2, -0.15) is 0 Å². The van der Waals surface area contributed by atoms with Crippen molar-refractivity contribution in [1.82, 2.24) is 5.32 Å². The third-order valence-corrected chi connectivity index (χ3v) is 5.24. The average molecular weight is 400 g/mol. The molecule has 0 saturated carbocycles. The molecule has 0 unspecified atom stereocenters. The minimum Gasteiger partial charge on any atom is -0.356 e. The number of hydrogen-bond donors (Lipinski definition) is 2. The number of guanidine groups is 1. The molecule has 0 amide bonds. The van der Waals surface area contributed by atoms with Gasteiger partial charge in [0.2, 0.25) is 0 Å². The van der Waals surface area contributed by atoms with Gasteiger partial charge in [0.25, 0.3) is 0 Å². The van der Waals surface area contributed by atoms with Gasteiger partial charge in [0, 0.05) is 19.3 Å². The van der Waals surface area contributed by atoms with Gasteiger partial charge in [0.05, 0.1) is 0 Å². The summed E-state index contributed by atoms with van der Waals surface area (Å²) in [6.07, 6.45) is 23.7. The Morgan fingerprint density at radius 3 is 1.90 bits per heavy atom. The van der Waals surface area contributed by atoms with Crippen molar-refractivity contribution in [3.05, 3.63) is 42.5 Å². The molecule has 0 aromatic heterocycles. The molecule has 1 rings (SSSR count). The fraction of sp³-hybridized carbons (Fsp3) is 0.654. The molecule has 0 saturated heterocycles. The van der Waals surface area contributed by atoms with Gasteiger partial charge in [0.15, 0.2) is 5.96 Å². The van der Waals surface area contributed by atoms with E-state index >= 15 is 0 Å². The Balaban J connectivity index is 1.85. The summed E-state index contributed by atoms with van der Waals surface area (Å²) in [7, 11) is 1.82. The molecule has 2 N–H and O–H groups in total. The number of rotatable bonds is 17. The van der Waals surface area contributed by atoms with Crippen LogP contribution in [-0.4, -0.2) is 19.6 Å². The van der Waals surface area contributed by atoms with E-state index in [1.807, 2.05) is 25.2 Å². The van der Waals surface area contributed by atoms with Crippen LogP contribution in [-0.2, 0) is 0 Å². The first kappa shape index (κ1) is 25.3. The normalized spacial score (nSPS) is 11.9. The third-order valence-electron chi connectivity index (χ3n) is 5.24. The highest BCUT2D eigenvalue weighted by molar-refractivity contribution is 5.93. The lowest BCUT2D eigenvalue weighted by Gasteiger charge is -2.11. The van der Waals surface area contributed by atoms with Crippen molar-refractivity contribution >= 4 is 11.6 Å². The van der Waals surface area contributed by atoms with Crippen LogP contribution in [0.1, 0.15) is 96.8 Å². The zero-order chi connectivity index (χ0) is 20.8. The van der Waals surface area contributed by atoms with Crippen LogP contribution in [0.4, 0.5) is 5.69 Å². The van der Waals surface area contributed by atoms with Crippen LogP contribution in [0.5, 0.6) is 0 Å². The highest BCUT2D eigenvalue weighted by Crippen LogP contribution is 2.10. The lowest BCUT2D eigenvalue weighted by atomic mass is 10.1. The van der Waals surface area contributed by atoms with Crippen molar-refractivity contribution in [2.75, 3.05) is 18.9 Å². The average Bonchev–Trinajstić information content (AvgIpc) is 2.75. The van der Waals surface area contributed by atoms with Crippen LogP contribution in [0.15, 0.2) is 47.5 Å². The number of para-hydroxylation sites is 1. The molecule has 29 heavy (non-hydrogen) atoms. The van der Waals surface area contributed by atoms with Crippen LogP contribution in [0.25, 0.3) is 0 Å². The van der Waals surface area contributed by atoms with Crippen molar-refractivity contribution in [3.8, 4) is 0 Å². The minimum atomic E-state index is 0.851. The number of anilines is 1. The summed E-state index contributed by atoms with van der Waals surface area (Å²) in [5.41, 5.74) is 1.07. The van der Waals surface area contributed by atoms with Crippen LogP contribution >= 0.6 is 0 Å². The van der Waals surface area contributed by atoms with E-state index in [0.29, 0.717) is 0 Å². The first-order valence-corrected chi connectivity index (χ1v) is 12.0. The number of allylic oxidation sites excluding steroid dienone is 2. The van der Waals surface area contributed by atoms with Gasteiger partial charge in [-0.15, -0.1) is 0 Å². The van der Waals surface area contributed by atoms with Crippen LogP contribution in [0.2, 0.25) is 0 Å². The Morgan fingerprint density at radius 2 is 1.31 bits per heavy atom. The Labute approximate surface area is 180 Å². The highest BCUT2D eigenvalue weighted by Gasteiger charge is 1.98. The second-order valence-electron chi connectivity index (χ2n) is 7.93. The van der Waals surface area contributed by atoms with E-state index in [9.17, 15) is 0 Å². The number of aliphatic imine (C=N–C) groups is 1. The molecule has 3 nitrogen and oxygen atoms in total. The molecule has 3 heteroatoms. The molecule has 1 aromatic rings. The Bertz CT molecular complexity index is 522. The minimum absolute atomic E-state index is 0.851. The summed E-state index contributed by atoms with van der Waals surface area (Å²) in [6.45, 7) is 3.26. The number of benzene rings is 1. The van der Waals surface area contributed by atoms with Crippen molar-refractivity contribution in [1.29, 1.82) is 0 Å². The van der Waals surface area contributed by atoms with Crippen LogP contribution < -0.4 is 10.6 Å². The molecule has 0 heterocycles. The number of unbranched alkanes of at least 4 members (excludes halogenated alkanes) is 12. The summed E-state index contributed by atoms with van der Waals surface area (Å²) < 4.78 is 0. The molecule has 0 spiro atoms. The predicted octanol–water partition coefficient (Wildman–Crippen LogP) is 7.71. The topological polar surface area (TPSA) is 36.4 Å². The lowest BCUT2D eigenvalue weighted by Crippen LogP contribution is -2.31. The van der Waals surface area contributed by atoms with E-state index in [2.05, 4.69) is 46.8 Å². The molecule has 164 valence electrons. The van der Waals surface area contributed by atoms with Gasteiger partial charge in [-0.25, -0.2) is 0 Å². The maximum atomic E-state index is 4.28. The lowest BCUT2D eigenvalue weighted by molar-refractivity contribution is 0.591. The van der Waals surface area contributed by atoms with Gasteiger partial charge in [0.1, 0.15) is 0 Å². The molecule has 0 aliphatic rings. The zero-order valence-electron chi connectivity index (χ0n) is 19.1. The predicted molar refractivity (Wildman–Crippen MR) is 131 cm³/mol. The Hall–Kier alpha value is -1.77. The van der Waals surface area contributed by atoms with Crippen LogP contribution in [0.3, 0.4) is 0 Å². The Kier molecular flexibility index (Phi) is 17.0. The maximum Gasteiger partial charge on any atom is 0.195 e. The van der Waals surface area contributed by atoms with Gasteiger partial charge in [-0.05, 0) is 44.2 Å². The third kappa shape index (κ3) is 15.8. The van der Waals surface area contributed by atoms with E-state index in [0.717, 1.165) is 18.2 Å². The number of hydrogen-bond acceptors (Lipinski definition) is 1. The van der Waals surface area contributed by atoms with Gasteiger partial charge < -0.3 is 10.6 Å². The molecule has 0 aliphatic heterocycles. The summed E-state index contributed by atoms with van der Waals surface area (Å²) in [6, 6.07) is 10.2. The van der Waals surface area contributed by atoms with Crippen molar-refractivity contribution in [3.63, 3.8) is 0 Å². The molecular formula is C26H45N3. The van der Waals surface area contributed by atoms with Gasteiger partial charge in [-0.3, -0.25) is 4.99 Å². The number of nitrogens with one attached hydrogen (secondary N) is 2. The largest absolute Gasteiger partial charge is 0.356 e. The van der Waals surface area contributed by atoms with Crippen molar-refractivity contribution in [2.24, 2.45) is 4.99 Å². The first-order valence-electron chi connectivity index (χ1n) is 12.0. The summed E-state index contributed by atoms with van der Waals surface area (Å²) in [5, 5.41) is 6.71. The Morgan fingerprint density at radius 1 is 0.759 bits per heavy atom. The van der Waals surface area contributed by atoms with Crippen molar-refractivity contribution in [2.45, 2.75) is 96.8 Å². The standard InChI is InChI=1S/C26H45N3/c1-3-4-5-6-7-8-9-10-11-12-13-14-15-16-17-21-24-28-26(27-2)29-25-22-19-18-20-23-25/h10-11,18-20,22-23H,3-9,12-17,21,24H2,1-2H3,(H2,27,28,29)/b11-10-. The smallest absolute Gasteiger partial charge is 0.195 e. The summed E-state index contributed by atoms with van der Waals surface area (Å²) in [4.78, 5) is 4.28. The van der Waals surface area contributed by atoms with Gasteiger partial charge in [-0.1, -0.05) is 95.1 Å². The van der Waals surface area contributed by atoms with E-state index < -0.39 is 0 Å². The second-order valence-corrected chi connectivity index (χ2v) is 7.93. The summed E-state index contributed by atoms with van der Waals surface area (Å²) in [5.74, 6) is 0.851. The fourth-order valence-corrected chi connectivity index (χ4v) is 3.42. The summed E-state index contributed by atoms with van der Waals surface area (Å²) >= 11 is 0. The van der Waals surface area contributed by atoms with Gasteiger partial charge >= 0.3 is 0 Å². The highest BCUT2D eigenvalue weighted by atomic mass is 15.2. The molecule has 0 fully saturated rings. The van der Waals surface area contributed by atoms with E-state index in [4.69, 9.17) is 0 Å². The van der Waals surface area contributed by atoms with E-state index in [1.165, 1.54) is 89.9 Å². The molecule has 0 radical (unpaired) electrons. The quantitative estimate of drug-likeness (QED) is 0.122. The zero-order valence-corrected chi connectivity index (χ0v) is 19.1. The molecule has 0 bridgehead atoms. The SMILES string of the molecule is CCCCCCCC/C=C\CCCCCCCCNC(=NC)Nc1ccccc1. The first-order chi connectivity index (χ1) is 14.4. The monoisotopic (exact) mass is 399 g/mol. The molecule has 0 aliphatic carbocycles. The van der Waals surface area contributed by atoms with E-state index in [-0.39, 0.29) is 0 Å². The number of nitrogens with zero attached hydrogens (tertiary/aromatic N) is 1. The van der Waals surface area contributed by atoms with Crippen LogP contribution in [0, 0.1) is 0 Å². The maximum absolute atomic E-state index is 4.28. The van der Waals surface area contributed by atoms with E-state index in [1.54, 1.807) is 0 Å². The molecule has 1 aromatic carbocycles. The second kappa shape index (κ2) is 19.5.